The summed E-state index contributed by atoms with van der Waals surface area (Å²) in [5.41, 5.74) is 2.72. The summed E-state index contributed by atoms with van der Waals surface area (Å²) in [4.78, 5) is 18.4. The third kappa shape index (κ3) is 4.15. The van der Waals surface area contributed by atoms with Gasteiger partial charge >= 0.3 is 5.97 Å². The average Bonchev–Trinajstić information content (AvgIpc) is 3.04. The van der Waals surface area contributed by atoms with Crippen molar-refractivity contribution in [3.8, 4) is 5.75 Å². The fourth-order valence-electron chi connectivity index (χ4n) is 3.11. The largest absolute Gasteiger partial charge is 0.493 e. The van der Waals surface area contributed by atoms with Gasteiger partial charge in [-0.25, -0.2) is 9.79 Å². The summed E-state index contributed by atoms with van der Waals surface area (Å²) in [6, 6.07) is 7.84. The van der Waals surface area contributed by atoms with Crippen LogP contribution < -0.4 is 4.74 Å². The van der Waals surface area contributed by atoms with E-state index in [1.807, 2.05) is 31.2 Å². The monoisotopic (exact) mass is 371 g/mol. The van der Waals surface area contributed by atoms with Crippen molar-refractivity contribution in [3.63, 3.8) is 0 Å². The lowest BCUT2D eigenvalue weighted by atomic mass is 9.95. The summed E-state index contributed by atoms with van der Waals surface area (Å²) in [5.74, 6) is 0.562. The molecule has 1 aromatic carbocycles. The number of carbonyl (C=O) groups excluding carboxylic acids is 1. The summed E-state index contributed by atoms with van der Waals surface area (Å²) in [7, 11) is 0. The van der Waals surface area contributed by atoms with Gasteiger partial charge in [0.05, 0.1) is 18.8 Å². The molecule has 5 heteroatoms. The average molecular weight is 372 g/mol. The second-order valence-electron chi connectivity index (χ2n) is 6.26. The molecule has 26 heavy (non-hydrogen) atoms. The molecular weight excluding hydrogens is 346 g/mol. The lowest BCUT2D eigenvalue weighted by molar-refractivity contribution is 0.0526. The van der Waals surface area contributed by atoms with Crippen LogP contribution in [0.15, 0.2) is 29.3 Å². The molecule has 0 bridgehead atoms. The van der Waals surface area contributed by atoms with Crippen molar-refractivity contribution in [3.05, 3.63) is 45.8 Å². The Kier molecular flexibility index (Phi) is 6.45. The maximum Gasteiger partial charge on any atom is 0.341 e. The second kappa shape index (κ2) is 8.99. The van der Waals surface area contributed by atoms with E-state index in [4.69, 9.17) is 9.47 Å². The van der Waals surface area contributed by atoms with E-state index >= 15 is 0 Å². The highest BCUT2D eigenvalue weighted by atomic mass is 32.1. The highest BCUT2D eigenvalue weighted by Gasteiger charge is 2.26. The lowest BCUT2D eigenvalue weighted by Crippen LogP contribution is -2.09. The van der Waals surface area contributed by atoms with Crippen LogP contribution in [0.25, 0.3) is 0 Å². The maximum absolute atomic E-state index is 12.5. The molecule has 0 radical (unpaired) electrons. The van der Waals surface area contributed by atoms with Crippen molar-refractivity contribution < 1.29 is 14.3 Å². The summed E-state index contributed by atoms with van der Waals surface area (Å²) in [6.07, 6.45) is 7.00. The van der Waals surface area contributed by atoms with Gasteiger partial charge in [0.15, 0.2) is 0 Å². The van der Waals surface area contributed by atoms with Crippen molar-refractivity contribution in [1.29, 1.82) is 0 Å². The fraction of sp³-hybridized carbons (Fsp3) is 0.429. The van der Waals surface area contributed by atoms with Gasteiger partial charge in [0, 0.05) is 16.7 Å². The van der Waals surface area contributed by atoms with Gasteiger partial charge < -0.3 is 9.47 Å². The van der Waals surface area contributed by atoms with Crippen molar-refractivity contribution in [1.82, 2.24) is 0 Å². The molecule has 0 atom stereocenters. The minimum Gasteiger partial charge on any atom is -0.493 e. The number of thiophene rings is 1. The molecule has 2 aromatic rings. The standard InChI is InChI=1S/C21H25NO3S/c1-3-13-25-17-11-7-5-9-15(17)14-22-20-19(21(23)24-4-2)16-10-6-8-12-18(16)26-20/h5,7,9,11,14H,3-4,6,8,10,12-13H2,1-2H3. The third-order valence-corrected chi connectivity index (χ3v) is 5.53. The zero-order valence-corrected chi connectivity index (χ0v) is 16.2. The highest BCUT2D eigenvalue weighted by molar-refractivity contribution is 7.16. The molecule has 138 valence electrons. The molecule has 3 rings (SSSR count). The lowest BCUT2D eigenvalue weighted by Gasteiger charge is -2.11. The molecule has 0 spiro atoms. The van der Waals surface area contributed by atoms with Crippen LogP contribution in [0.4, 0.5) is 5.00 Å². The number of aryl methyl sites for hydroxylation is 1. The molecule has 0 saturated carbocycles. The molecule has 0 saturated heterocycles. The Labute approximate surface area is 158 Å². The van der Waals surface area contributed by atoms with Crippen LogP contribution in [-0.4, -0.2) is 25.4 Å². The predicted molar refractivity (Wildman–Crippen MR) is 106 cm³/mol. The molecule has 0 unspecified atom stereocenters. The Morgan fingerprint density at radius 1 is 1.23 bits per heavy atom. The SMILES string of the molecule is CCCOc1ccccc1C=Nc1sc2c(c1C(=O)OCC)CCCC2. The normalized spacial score (nSPS) is 13.6. The van der Waals surface area contributed by atoms with Gasteiger partial charge in [-0.1, -0.05) is 19.1 Å². The molecule has 1 aliphatic rings. The van der Waals surface area contributed by atoms with Crippen LogP contribution in [0.3, 0.4) is 0 Å². The molecule has 0 fully saturated rings. The van der Waals surface area contributed by atoms with Crippen LogP contribution in [0.2, 0.25) is 0 Å². The molecule has 1 aliphatic carbocycles. The molecule has 0 aliphatic heterocycles. The number of fused-ring (bicyclic) bond motifs is 1. The Balaban J connectivity index is 1.93. The Bertz CT molecular complexity index is 795. The molecular formula is C21H25NO3S. The smallest absolute Gasteiger partial charge is 0.341 e. The van der Waals surface area contributed by atoms with Gasteiger partial charge in [-0.05, 0) is 56.7 Å². The van der Waals surface area contributed by atoms with E-state index in [9.17, 15) is 4.79 Å². The van der Waals surface area contributed by atoms with Gasteiger partial charge in [-0.3, -0.25) is 0 Å². The van der Waals surface area contributed by atoms with Gasteiger partial charge in [0.25, 0.3) is 0 Å². The molecule has 0 amide bonds. The summed E-state index contributed by atoms with van der Waals surface area (Å²) in [5, 5.41) is 0.751. The number of aliphatic imine (C=N–C) groups is 1. The third-order valence-electron chi connectivity index (χ3n) is 4.33. The predicted octanol–water partition coefficient (Wildman–Crippen LogP) is 5.34. The van der Waals surface area contributed by atoms with Crippen LogP contribution in [0.5, 0.6) is 5.75 Å². The Hall–Kier alpha value is -2.14. The summed E-state index contributed by atoms with van der Waals surface area (Å²) in [6.45, 7) is 4.96. The first-order valence-electron chi connectivity index (χ1n) is 9.32. The van der Waals surface area contributed by atoms with Crippen LogP contribution >= 0.6 is 11.3 Å². The van der Waals surface area contributed by atoms with E-state index in [2.05, 4.69) is 11.9 Å². The summed E-state index contributed by atoms with van der Waals surface area (Å²) >= 11 is 1.62. The number of esters is 1. The number of para-hydroxylation sites is 1. The quantitative estimate of drug-likeness (QED) is 0.487. The molecule has 0 N–H and O–H groups in total. The van der Waals surface area contributed by atoms with E-state index in [1.54, 1.807) is 17.6 Å². The van der Waals surface area contributed by atoms with E-state index < -0.39 is 0 Å². The van der Waals surface area contributed by atoms with Crippen LogP contribution in [-0.2, 0) is 17.6 Å². The number of nitrogens with zero attached hydrogens (tertiary/aromatic N) is 1. The second-order valence-corrected chi connectivity index (χ2v) is 7.34. The first kappa shape index (κ1) is 18.6. The zero-order chi connectivity index (χ0) is 18.4. The van der Waals surface area contributed by atoms with Crippen molar-refractivity contribution >= 4 is 28.5 Å². The topological polar surface area (TPSA) is 47.9 Å². The van der Waals surface area contributed by atoms with E-state index in [-0.39, 0.29) is 5.97 Å². The van der Waals surface area contributed by atoms with E-state index in [1.165, 1.54) is 11.3 Å². The van der Waals surface area contributed by atoms with Crippen molar-refractivity contribution in [2.24, 2.45) is 4.99 Å². The van der Waals surface area contributed by atoms with Crippen LogP contribution in [0.1, 0.15) is 59.5 Å². The first-order valence-corrected chi connectivity index (χ1v) is 10.1. The molecule has 1 aromatic heterocycles. The summed E-state index contributed by atoms with van der Waals surface area (Å²) < 4.78 is 11.1. The minimum absolute atomic E-state index is 0.255. The Morgan fingerprint density at radius 2 is 2.04 bits per heavy atom. The maximum atomic E-state index is 12.5. The molecule has 1 heterocycles. The van der Waals surface area contributed by atoms with Gasteiger partial charge in [0.1, 0.15) is 10.8 Å². The van der Waals surface area contributed by atoms with Gasteiger partial charge in [-0.15, -0.1) is 11.3 Å². The zero-order valence-electron chi connectivity index (χ0n) is 15.4. The minimum atomic E-state index is -0.255. The van der Waals surface area contributed by atoms with E-state index in [0.717, 1.165) is 47.6 Å². The van der Waals surface area contributed by atoms with E-state index in [0.29, 0.717) is 18.8 Å². The molecule has 4 nitrogen and oxygen atoms in total. The van der Waals surface area contributed by atoms with Crippen LogP contribution in [0, 0.1) is 0 Å². The van der Waals surface area contributed by atoms with Crippen molar-refractivity contribution in [2.45, 2.75) is 46.0 Å². The number of rotatable bonds is 7. The van der Waals surface area contributed by atoms with Gasteiger partial charge in [-0.2, -0.15) is 0 Å². The van der Waals surface area contributed by atoms with Gasteiger partial charge in [0.2, 0.25) is 0 Å². The highest BCUT2D eigenvalue weighted by Crippen LogP contribution is 2.40. The number of hydrogen-bond donors (Lipinski definition) is 0. The number of benzene rings is 1. The fourth-order valence-corrected chi connectivity index (χ4v) is 4.34. The number of carbonyl (C=O) groups is 1. The Morgan fingerprint density at radius 3 is 2.85 bits per heavy atom. The number of hydrogen-bond acceptors (Lipinski definition) is 5. The first-order chi connectivity index (χ1) is 12.7. The van der Waals surface area contributed by atoms with Crippen molar-refractivity contribution in [2.75, 3.05) is 13.2 Å². The number of ether oxygens (including phenoxy) is 2.